The molecule has 33 heavy (non-hydrogen) atoms. The highest BCUT2D eigenvalue weighted by atomic mass is 16.5. The summed E-state index contributed by atoms with van der Waals surface area (Å²) >= 11 is 0. The Morgan fingerprint density at radius 1 is 0.848 bits per heavy atom. The van der Waals surface area contributed by atoms with Crippen LogP contribution in [0.2, 0.25) is 0 Å². The number of methoxy groups -OCH3 is 3. The standard InChI is InChI=1S/C26H25N3O4/c1-31-20-11-9-19(10-12-20)29-24(26(30)27-17-18-7-5-4-6-8-18)16-23(28-29)22-14-13-21(32-2)15-25(22)33-3/h4-16H,17H2,1-3H3,(H,27,30). The molecular formula is C26H25N3O4. The third-order valence-corrected chi connectivity index (χ3v) is 5.24. The van der Waals surface area contributed by atoms with E-state index >= 15 is 0 Å². The molecule has 0 bridgehead atoms. The zero-order valence-corrected chi connectivity index (χ0v) is 18.7. The average Bonchev–Trinajstić information content (AvgIpc) is 3.33. The second-order valence-electron chi connectivity index (χ2n) is 7.26. The summed E-state index contributed by atoms with van der Waals surface area (Å²) in [5, 5.41) is 7.72. The Labute approximate surface area is 192 Å². The number of aromatic nitrogens is 2. The predicted octanol–water partition coefficient (Wildman–Crippen LogP) is 4.50. The van der Waals surface area contributed by atoms with Crippen molar-refractivity contribution in [2.45, 2.75) is 6.54 Å². The Bertz CT molecular complexity index is 1230. The highest BCUT2D eigenvalue weighted by Crippen LogP contribution is 2.33. The molecule has 7 heteroatoms. The van der Waals surface area contributed by atoms with Crippen LogP contribution in [0.15, 0.2) is 78.9 Å². The highest BCUT2D eigenvalue weighted by molar-refractivity contribution is 5.94. The monoisotopic (exact) mass is 443 g/mol. The fourth-order valence-electron chi connectivity index (χ4n) is 3.47. The molecule has 0 radical (unpaired) electrons. The van der Waals surface area contributed by atoms with E-state index < -0.39 is 0 Å². The van der Waals surface area contributed by atoms with Gasteiger partial charge < -0.3 is 19.5 Å². The largest absolute Gasteiger partial charge is 0.497 e. The number of hydrogen-bond acceptors (Lipinski definition) is 5. The molecule has 0 spiro atoms. The van der Waals surface area contributed by atoms with Gasteiger partial charge in [-0.3, -0.25) is 4.79 Å². The van der Waals surface area contributed by atoms with Crippen molar-refractivity contribution in [3.8, 4) is 34.2 Å². The van der Waals surface area contributed by atoms with Crippen LogP contribution in [0.1, 0.15) is 16.1 Å². The maximum atomic E-state index is 13.2. The van der Waals surface area contributed by atoms with Crippen LogP contribution in [0, 0.1) is 0 Å². The predicted molar refractivity (Wildman–Crippen MR) is 126 cm³/mol. The summed E-state index contributed by atoms with van der Waals surface area (Å²) in [6.45, 7) is 0.411. The van der Waals surface area contributed by atoms with Gasteiger partial charge in [0.2, 0.25) is 0 Å². The highest BCUT2D eigenvalue weighted by Gasteiger charge is 2.20. The number of nitrogens with zero attached hydrogens (tertiary/aromatic N) is 2. The van der Waals surface area contributed by atoms with Gasteiger partial charge in [-0.1, -0.05) is 30.3 Å². The molecule has 3 aromatic carbocycles. The summed E-state index contributed by atoms with van der Waals surface area (Å²) in [4.78, 5) is 13.2. The van der Waals surface area contributed by atoms with Gasteiger partial charge in [-0.25, -0.2) is 4.68 Å². The molecule has 1 N–H and O–H groups in total. The average molecular weight is 444 g/mol. The first-order valence-electron chi connectivity index (χ1n) is 10.4. The van der Waals surface area contributed by atoms with E-state index in [9.17, 15) is 4.79 Å². The molecular weight excluding hydrogens is 418 g/mol. The van der Waals surface area contributed by atoms with Gasteiger partial charge in [0.1, 0.15) is 22.9 Å². The third kappa shape index (κ3) is 4.82. The van der Waals surface area contributed by atoms with Crippen molar-refractivity contribution < 1.29 is 19.0 Å². The lowest BCUT2D eigenvalue weighted by Crippen LogP contribution is -2.25. The number of amides is 1. The first-order valence-corrected chi connectivity index (χ1v) is 10.4. The van der Waals surface area contributed by atoms with Gasteiger partial charge in [-0.2, -0.15) is 5.10 Å². The Kier molecular flexibility index (Phi) is 6.59. The summed E-state index contributed by atoms with van der Waals surface area (Å²) < 4.78 is 17.7. The molecule has 0 aliphatic heterocycles. The molecule has 0 aliphatic rings. The second-order valence-corrected chi connectivity index (χ2v) is 7.26. The molecule has 0 saturated heterocycles. The summed E-state index contributed by atoms with van der Waals surface area (Å²) in [5.41, 5.74) is 3.51. The zero-order valence-electron chi connectivity index (χ0n) is 18.7. The van der Waals surface area contributed by atoms with E-state index in [1.807, 2.05) is 66.7 Å². The molecule has 1 aromatic heterocycles. The first kappa shape index (κ1) is 22.0. The first-order chi connectivity index (χ1) is 16.1. The van der Waals surface area contributed by atoms with Crippen LogP contribution in [0.5, 0.6) is 17.2 Å². The van der Waals surface area contributed by atoms with Crippen molar-refractivity contribution in [2.24, 2.45) is 0 Å². The number of benzene rings is 3. The summed E-state index contributed by atoms with van der Waals surface area (Å²) in [7, 11) is 4.80. The molecule has 1 amide bonds. The fourth-order valence-corrected chi connectivity index (χ4v) is 3.47. The number of carbonyl (C=O) groups excluding carboxylic acids is 1. The van der Waals surface area contributed by atoms with Crippen LogP contribution in [0.25, 0.3) is 16.9 Å². The third-order valence-electron chi connectivity index (χ3n) is 5.24. The topological polar surface area (TPSA) is 74.6 Å². The number of carbonyl (C=O) groups is 1. The number of hydrogen-bond donors (Lipinski definition) is 1. The van der Waals surface area contributed by atoms with Crippen molar-refractivity contribution >= 4 is 5.91 Å². The normalized spacial score (nSPS) is 10.5. The maximum absolute atomic E-state index is 13.2. The minimum atomic E-state index is -0.235. The van der Waals surface area contributed by atoms with Gasteiger partial charge >= 0.3 is 0 Å². The minimum absolute atomic E-state index is 0.235. The molecule has 0 unspecified atom stereocenters. The van der Waals surface area contributed by atoms with E-state index in [1.54, 1.807) is 38.1 Å². The molecule has 0 fully saturated rings. The van der Waals surface area contributed by atoms with Gasteiger partial charge in [-0.05, 0) is 48.0 Å². The van der Waals surface area contributed by atoms with Crippen LogP contribution in [-0.4, -0.2) is 37.0 Å². The van der Waals surface area contributed by atoms with E-state index in [0.29, 0.717) is 29.4 Å². The second kappa shape index (κ2) is 9.91. The van der Waals surface area contributed by atoms with Crippen LogP contribution in [-0.2, 0) is 6.54 Å². The lowest BCUT2D eigenvalue weighted by atomic mass is 10.1. The van der Waals surface area contributed by atoms with Gasteiger partial charge in [-0.15, -0.1) is 0 Å². The Balaban J connectivity index is 1.73. The fraction of sp³-hybridized carbons (Fsp3) is 0.154. The van der Waals surface area contributed by atoms with Crippen molar-refractivity contribution in [2.75, 3.05) is 21.3 Å². The van der Waals surface area contributed by atoms with Gasteiger partial charge in [0, 0.05) is 18.2 Å². The minimum Gasteiger partial charge on any atom is -0.497 e. The molecule has 0 saturated carbocycles. The van der Waals surface area contributed by atoms with E-state index in [2.05, 4.69) is 5.32 Å². The lowest BCUT2D eigenvalue weighted by molar-refractivity contribution is 0.0943. The van der Waals surface area contributed by atoms with Crippen LogP contribution >= 0.6 is 0 Å². The molecule has 4 aromatic rings. The molecule has 0 atom stereocenters. The number of rotatable bonds is 8. The van der Waals surface area contributed by atoms with Crippen molar-refractivity contribution in [3.05, 3.63) is 90.1 Å². The Morgan fingerprint density at radius 2 is 1.55 bits per heavy atom. The molecule has 168 valence electrons. The van der Waals surface area contributed by atoms with Crippen LogP contribution < -0.4 is 19.5 Å². The van der Waals surface area contributed by atoms with Crippen LogP contribution in [0.4, 0.5) is 0 Å². The van der Waals surface area contributed by atoms with Gasteiger partial charge in [0.15, 0.2) is 0 Å². The van der Waals surface area contributed by atoms with Crippen molar-refractivity contribution in [1.82, 2.24) is 15.1 Å². The quantitative estimate of drug-likeness (QED) is 0.434. The summed E-state index contributed by atoms with van der Waals surface area (Å²) in [5.74, 6) is 1.76. The lowest BCUT2D eigenvalue weighted by Gasteiger charge is -2.09. The summed E-state index contributed by atoms with van der Waals surface area (Å²) in [6, 6.07) is 24.4. The zero-order chi connectivity index (χ0) is 23.2. The maximum Gasteiger partial charge on any atom is 0.270 e. The molecule has 1 heterocycles. The van der Waals surface area contributed by atoms with Crippen LogP contribution in [0.3, 0.4) is 0 Å². The summed E-state index contributed by atoms with van der Waals surface area (Å²) in [6.07, 6.45) is 0. The van der Waals surface area contributed by atoms with Crippen molar-refractivity contribution in [3.63, 3.8) is 0 Å². The Hall–Kier alpha value is -4.26. The molecule has 4 rings (SSSR count). The van der Waals surface area contributed by atoms with E-state index in [4.69, 9.17) is 19.3 Å². The van der Waals surface area contributed by atoms with Crippen molar-refractivity contribution in [1.29, 1.82) is 0 Å². The van der Waals surface area contributed by atoms with E-state index in [0.717, 1.165) is 22.6 Å². The van der Waals surface area contributed by atoms with Gasteiger partial charge in [0.25, 0.3) is 5.91 Å². The number of ether oxygens (including phenoxy) is 3. The van der Waals surface area contributed by atoms with Gasteiger partial charge in [0.05, 0.1) is 32.7 Å². The van der Waals surface area contributed by atoms with E-state index in [1.165, 1.54) is 0 Å². The smallest absolute Gasteiger partial charge is 0.270 e. The molecule has 7 nitrogen and oxygen atoms in total. The van der Waals surface area contributed by atoms with E-state index in [-0.39, 0.29) is 5.91 Å². The SMILES string of the molecule is COc1ccc(-n2nc(-c3ccc(OC)cc3OC)cc2C(=O)NCc2ccccc2)cc1. The number of nitrogens with one attached hydrogen (secondary N) is 1. The molecule has 0 aliphatic carbocycles. The Morgan fingerprint density at radius 3 is 2.21 bits per heavy atom.